The van der Waals surface area contributed by atoms with Gasteiger partial charge in [0.1, 0.15) is 5.65 Å². The van der Waals surface area contributed by atoms with Crippen LogP contribution in [0.25, 0.3) is 16.9 Å². The number of amides is 1. The van der Waals surface area contributed by atoms with Gasteiger partial charge >= 0.3 is 6.18 Å². The summed E-state index contributed by atoms with van der Waals surface area (Å²) in [6.07, 6.45) is -0.551. The van der Waals surface area contributed by atoms with Gasteiger partial charge in [-0.15, -0.1) is 0 Å². The molecular weight excluding hydrogens is 379 g/mol. The van der Waals surface area contributed by atoms with Crippen LogP contribution in [-0.4, -0.2) is 15.3 Å². The first kappa shape index (κ1) is 18.7. The molecule has 2 heterocycles. The molecule has 7 heteroatoms. The molecule has 0 aliphatic carbocycles. The summed E-state index contributed by atoms with van der Waals surface area (Å²) in [5, 5.41) is 2.75. The molecule has 0 fully saturated rings. The van der Waals surface area contributed by atoms with Crippen molar-refractivity contribution in [3.63, 3.8) is 0 Å². The second kappa shape index (κ2) is 7.43. The first-order valence-corrected chi connectivity index (χ1v) is 8.89. The topological polar surface area (TPSA) is 46.4 Å². The quantitative estimate of drug-likeness (QED) is 0.516. The molecule has 0 atom stereocenters. The van der Waals surface area contributed by atoms with Crippen LogP contribution in [0.3, 0.4) is 0 Å². The summed E-state index contributed by atoms with van der Waals surface area (Å²) in [6, 6.07) is 17.6. The van der Waals surface area contributed by atoms with Crippen LogP contribution in [0, 0.1) is 0 Å². The van der Waals surface area contributed by atoms with Crippen LogP contribution in [0.2, 0.25) is 0 Å². The predicted molar refractivity (Wildman–Crippen MR) is 104 cm³/mol. The first-order chi connectivity index (χ1) is 13.9. The van der Waals surface area contributed by atoms with Crippen LogP contribution in [0.15, 0.2) is 79.1 Å². The standard InChI is InChI=1S/C22H16F3N3O/c23-22(24,25)17-8-4-15(5-9-17)13-21(29)26-18-10-6-16(7-11-18)19-14-28-12-2-1-3-20(28)27-19/h1-12,14H,13H2,(H,26,29). The maximum atomic E-state index is 12.6. The lowest BCUT2D eigenvalue weighted by Gasteiger charge is -2.08. The van der Waals surface area contributed by atoms with Crippen molar-refractivity contribution in [2.75, 3.05) is 5.32 Å². The van der Waals surface area contributed by atoms with Gasteiger partial charge in [-0.2, -0.15) is 13.2 Å². The van der Waals surface area contributed by atoms with Gasteiger partial charge in [0.15, 0.2) is 0 Å². The number of carbonyl (C=O) groups is 1. The number of nitrogens with one attached hydrogen (secondary N) is 1. The largest absolute Gasteiger partial charge is 0.416 e. The molecule has 0 aliphatic heterocycles. The van der Waals surface area contributed by atoms with Crippen LogP contribution in [-0.2, 0) is 17.4 Å². The molecule has 1 N–H and O–H groups in total. The van der Waals surface area contributed by atoms with E-state index in [1.165, 1.54) is 12.1 Å². The maximum Gasteiger partial charge on any atom is 0.416 e. The van der Waals surface area contributed by atoms with Gasteiger partial charge in [0.25, 0.3) is 0 Å². The molecule has 0 aliphatic rings. The minimum absolute atomic E-state index is 0.00761. The van der Waals surface area contributed by atoms with Crippen LogP contribution in [0.1, 0.15) is 11.1 Å². The fraction of sp³-hybridized carbons (Fsp3) is 0.0909. The molecule has 0 bridgehead atoms. The molecule has 2 aromatic carbocycles. The Balaban J connectivity index is 1.41. The fourth-order valence-corrected chi connectivity index (χ4v) is 3.00. The molecule has 4 rings (SSSR count). The number of pyridine rings is 1. The van der Waals surface area contributed by atoms with Crippen molar-refractivity contribution in [2.24, 2.45) is 0 Å². The van der Waals surface area contributed by atoms with Gasteiger partial charge in [0.2, 0.25) is 5.91 Å². The Labute approximate surface area is 164 Å². The van der Waals surface area contributed by atoms with Gasteiger partial charge < -0.3 is 9.72 Å². The molecule has 29 heavy (non-hydrogen) atoms. The smallest absolute Gasteiger partial charge is 0.326 e. The molecule has 146 valence electrons. The van der Waals surface area contributed by atoms with Gasteiger partial charge in [-0.25, -0.2) is 4.98 Å². The first-order valence-electron chi connectivity index (χ1n) is 8.89. The number of benzene rings is 2. The highest BCUT2D eigenvalue weighted by Crippen LogP contribution is 2.29. The van der Waals surface area contributed by atoms with E-state index in [4.69, 9.17) is 0 Å². The molecular formula is C22H16F3N3O. The number of hydrogen-bond acceptors (Lipinski definition) is 2. The molecule has 2 aromatic heterocycles. The van der Waals surface area contributed by atoms with E-state index in [1.54, 1.807) is 12.1 Å². The van der Waals surface area contributed by atoms with Crippen LogP contribution in [0.4, 0.5) is 18.9 Å². The monoisotopic (exact) mass is 395 g/mol. The van der Waals surface area contributed by atoms with E-state index in [-0.39, 0.29) is 12.3 Å². The van der Waals surface area contributed by atoms with Crippen LogP contribution < -0.4 is 5.32 Å². The number of fused-ring (bicyclic) bond motifs is 1. The average Bonchev–Trinajstić information content (AvgIpc) is 3.12. The van der Waals surface area contributed by atoms with Gasteiger partial charge in [-0.05, 0) is 42.0 Å². The van der Waals surface area contributed by atoms with Gasteiger partial charge in [0.05, 0.1) is 17.7 Å². The minimum atomic E-state index is -4.39. The van der Waals surface area contributed by atoms with E-state index in [0.29, 0.717) is 11.3 Å². The van der Waals surface area contributed by atoms with Crippen molar-refractivity contribution in [1.29, 1.82) is 0 Å². The van der Waals surface area contributed by atoms with Crippen molar-refractivity contribution < 1.29 is 18.0 Å². The summed E-state index contributed by atoms with van der Waals surface area (Å²) < 4.78 is 39.7. The predicted octanol–water partition coefficient (Wildman–Crippen LogP) is 5.20. The van der Waals surface area contributed by atoms with E-state index in [1.807, 2.05) is 47.1 Å². The summed E-state index contributed by atoms with van der Waals surface area (Å²) in [4.78, 5) is 16.7. The number of hydrogen-bond donors (Lipinski definition) is 1. The Hall–Kier alpha value is -3.61. The van der Waals surface area contributed by atoms with E-state index in [9.17, 15) is 18.0 Å². The molecule has 0 saturated heterocycles. The van der Waals surface area contributed by atoms with Gasteiger partial charge in [-0.3, -0.25) is 4.79 Å². The Morgan fingerprint density at radius 2 is 1.69 bits per heavy atom. The molecule has 0 spiro atoms. The molecule has 4 aromatic rings. The highest BCUT2D eigenvalue weighted by atomic mass is 19.4. The summed E-state index contributed by atoms with van der Waals surface area (Å²) in [5.74, 6) is -0.301. The summed E-state index contributed by atoms with van der Waals surface area (Å²) in [7, 11) is 0. The zero-order chi connectivity index (χ0) is 20.4. The number of aromatic nitrogens is 2. The van der Waals surface area contributed by atoms with Crippen molar-refractivity contribution in [3.8, 4) is 11.3 Å². The van der Waals surface area contributed by atoms with E-state index >= 15 is 0 Å². The lowest BCUT2D eigenvalue weighted by atomic mass is 10.1. The summed E-state index contributed by atoms with van der Waals surface area (Å²) in [5.41, 5.74) is 2.96. The summed E-state index contributed by atoms with van der Waals surface area (Å²) >= 11 is 0. The van der Waals surface area contributed by atoms with E-state index < -0.39 is 11.7 Å². The second-order valence-electron chi connectivity index (χ2n) is 6.59. The van der Waals surface area contributed by atoms with Gasteiger partial charge in [-0.1, -0.05) is 30.3 Å². The highest BCUT2D eigenvalue weighted by molar-refractivity contribution is 5.92. The Bertz CT molecular complexity index is 1110. The lowest BCUT2D eigenvalue weighted by Crippen LogP contribution is -2.14. The number of rotatable bonds is 4. The third-order valence-electron chi connectivity index (χ3n) is 4.47. The SMILES string of the molecule is O=C(Cc1ccc(C(F)(F)F)cc1)Nc1ccc(-c2cn3ccccc3n2)cc1. The van der Waals surface area contributed by atoms with Crippen molar-refractivity contribution in [3.05, 3.63) is 90.3 Å². The fourth-order valence-electron chi connectivity index (χ4n) is 3.00. The third-order valence-corrected chi connectivity index (χ3v) is 4.47. The Morgan fingerprint density at radius 3 is 2.34 bits per heavy atom. The number of nitrogens with zero attached hydrogens (tertiary/aromatic N) is 2. The van der Waals surface area contributed by atoms with Crippen molar-refractivity contribution >= 4 is 17.2 Å². The molecule has 0 saturated carbocycles. The zero-order valence-electron chi connectivity index (χ0n) is 15.1. The van der Waals surface area contributed by atoms with E-state index in [2.05, 4.69) is 10.3 Å². The number of alkyl halides is 3. The Kier molecular flexibility index (Phi) is 4.80. The van der Waals surface area contributed by atoms with Gasteiger partial charge in [0, 0.05) is 23.6 Å². The molecule has 1 amide bonds. The highest BCUT2D eigenvalue weighted by Gasteiger charge is 2.29. The van der Waals surface area contributed by atoms with Crippen molar-refractivity contribution in [2.45, 2.75) is 12.6 Å². The minimum Gasteiger partial charge on any atom is -0.326 e. The normalized spacial score (nSPS) is 11.6. The maximum absolute atomic E-state index is 12.6. The Morgan fingerprint density at radius 1 is 0.966 bits per heavy atom. The summed E-state index contributed by atoms with van der Waals surface area (Å²) in [6.45, 7) is 0. The molecule has 0 radical (unpaired) electrons. The molecule has 4 nitrogen and oxygen atoms in total. The second-order valence-corrected chi connectivity index (χ2v) is 6.59. The third kappa shape index (κ3) is 4.29. The number of halogens is 3. The number of imidazole rings is 1. The zero-order valence-corrected chi connectivity index (χ0v) is 15.1. The van der Waals surface area contributed by atoms with Crippen LogP contribution in [0.5, 0.6) is 0 Å². The van der Waals surface area contributed by atoms with E-state index in [0.717, 1.165) is 29.0 Å². The molecule has 0 unspecified atom stereocenters. The van der Waals surface area contributed by atoms with Crippen molar-refractivity contribution in [1.82, 2.24) is 9.38 Å². The number of carbonyl (C=O) groups excluding carboxylic acids is 1. The average molecular weight is 395 g/mol. The van der Waals surface area contributed by atoms with Crippen LogP contribution >= 0.6 is 0 Å². The lowest BCUT2D eigenvalue weighted by molar-refractivity contribution is -0.137. The number of anilines is 1.